The summed E-state index contributed by atoms with van der Waals surface area (Å²) in [5.74, 6) is 0.865. The molecule has 1 N–H and O–H groups in total. The summed E-state index contributed by atoms with van der Waals surface area (Å²) in [5.41, 5.74) is 0. The Morgan fingerprint density at radius 3 is 2.62 bits per heavy atom. The molecule has 9 nitrogen and oxygen atoms in total. The molecule has 0 saturated carbocycles. The minimum atomic E-state index is -3.79. The van der Waals surface area contributed by atoms with Crippen molar-refractivity contribution in [2.75, 3.05) is 14.2 Å². The van der Waals surface area contributed by atoms with Crippen LogP contribution in [0.5, 0.6) is 11.5 Å². The lowest BCUT2D eigenvalue weighted by molar-refractivity contribution is 0.346. The van der Waals surface area contributed by atoms with E-state index in [1.54, 1.807) is 19.2 Å². The maximum Gasteiger partial charge on any atom is 0.244 e. The number of hydrogen-bond donors (Lipinski definition) is 1. The first kappa shape index (κ1) is 15.2. The van der Waals surface area contributed by atoms with E-state index in [0.29, 0.717) is 11.6 Å². The van der Waals surface area contributed by atoms with Crippen LogP contribution in [0.15, 0.2) is 23.1 Å². The van der Waals surface area contributed by atoms with Crippen molar-refractivity contribution < 1.29 is 17.9 Å². The largest absolute Gasteiger partial charge is 0.493 e. The fraction of sp³-hybridized carbons (Fsp3) is 0.364. The Morgan fingerprint density at radius 2 is 2.05 bits per heavy atom. The lowest BCUT2D eigenvalue weighted by Gasteiger charge is -2.13. The van der Waals surface area contributed by atoms with Crippen molar-refractivity contribution in [3.05, 3.63) is 24.0 Å². The van der Waals surface area contributed by atoms with Gasteiger partial charge in [0, 0.05) is 7.05 Å². The van der Waals surface area contributed by atoms with Crippen molar-refractivity contribution in [1.82, 2.24) is 24.9 Å². The molecule has 0 atom stereocenters. The number of nitrogens with zero attached hydrogens (tertiary/aromatic N) is 4. The number of rotatable bonds is 6. The minimum absolute atomic E-state index is 0.0144. The molecule has 0 bridgehead atoms. The summed E-state index contributed by atoms with van der Waals surface area (Å²) in [7, 11) is 0.644. The van der Waals surface area contributed by atoms with Gasteiger partial charge in [-0.2, -0.15) is 0 Å². The van der Waals surface area contributed by atoms with E-state index in [9.17, 15) is 8.42 Å². The number of benzene rings is 1. The van der Waals surface area contributed by atoms with Crippen LogP contribution >= 0.6 is 0 Å². The van der Waals surface area contributed by atoms with Crippen molar-refractivity contribution in [2.24, 2.45) is 7.05 Å². The molecular weight excluding hydrogens is 298 g/mol. The SMILES string of the molecule is COc1cccc(S(=O)(=O)NCc2nnnn2C)c1OC. The highest BCUT2D eigenvalue weighted by Gasteiger charge is 2.22. The van der Waals surface area contributed by atoms with E-state index in [1.165, 1.54) is 25.0 Å². The Labute approximate surface area is 121 Å². The maximum absolute atomic E-state index is 12.4. The van der Waals surface area contributed by atoms with Gasteiger partial charge in [0.05, 0.1) is 20.8 Å². The topological polar surface area (TPSA) is 108 Å². The zero-order valence-electron chi connectivity index (χ0n) is 11.8. The lowest BCUT2D eigenvalue weighted by atomic mass is 10.3. The van der Waals surface area contributed by atoms with Crippen molar-refractivity contribution in [2.45, 2.75) is 11.4 Å². The average molecular weight is 313 g/mol. The Hall–Kier alpha value is -2.20. The third-order valence-corrected chi connectivity index (χ3v) is 4.21. The van der Waals surface area contributed by atoms with Crippen molar-refractivity contribution in [3.63, 3.8) is 0 Å². The van der Waals surface area contributed by atoms with Crippen LogP contribution in [0.1, 0.15) is 5.82 Å². The van der Waals surface area contributed by atoms with Crippen LogP contribution in [0.25, 0.3) is 0 Å². The van der Waals surface area contributed by atoms with Gasteiger partial charge >= 0.3 is 0 Å². The number of aryl methyl sites for hydroxylation is 1. The minimum Gasteiger partial charge on any atom is -0.493 e. The second-order valence-corrected chi connectivity index (χ2v) is 5.77. The molecule has 0 aliphatic heterocycles. The smallest absolute Gasteiger partial charge is 0.244 e. The number of aromatic nitrogens is 4. The summed E-state index contributed by atoms with van der Waals surface area (Å²) < 4.78 is 38.7. The van der Waals surface area contributed by atoms with Crippen LogP contribution in [0.3, 0.4) is 0 Å². The quantitative estimate of drug-likeness (QED) is 0.780. The van der Waals surface area contributed by atoms with Gasteiger partial charge in [0.1, 0.15) is 4.90 Å². The van der Waals surface area contributed by atoms with Gasteiger partial charge in [-0.3, -0.25) is 0 Å². The van der Waals surface area contributed by atoms with Crippen molar-refractivity contribution in [1.29, 1.82) is 0 Å². The van der Waals surface area contributed by atoms with Crippen LogP contribution < -0.4 is 14.2 Å². The highest BCUT2D eigenvalue weighted by molar-refractivity contribution is 7.89. The second kappa shape index (κ2) is 6.06. The monoisotopic (exact) mass is 313 g/mol. The molecule has 0 aliphatic carbocycles. The molecule has 0 aliphatic rings. The Balaban J connectivity index is 2.29. The summed E-state index contributed by atoms with van der Waals surface area (Å²) in [6.07, 6.45) is 0. The van der Waals surface area contributed by atoms with Crippen LogP contribution in [-0.2, 0) is 23.6 Å². The number of para-hydroxylation sites is 1. The van der Waals surface area contributed by atoms with Crippen LogP contribution in [0, 0.1) is 0 Å². The zero-order valence-corrected chi connectivity index (χ0v) is 12.6. The van der Waals surface area contributed by atoms with E-state index in [4.69, 9.17) is 9.47 Å². The fourth-order valence-corrected chi connectivity index (χ4v) is 2.86. The van der Waals surface area contributed by atoms with E-state index in [-0.39, 0.29) is 17.2 Å². The summed E-state index contributed by atoms with van der Waals surface area (Å²) >= 11 is 0. The molecule has 0 unspecified atom stereocenters. The molecular formula is C11H15N5O4S. The first-order valence-corrected chi connectivity index (χ1v) is 7.40. The predicted octanol–water partition coefficient (Wildman–Crippen LogP) is -0.294. The molecule has 0 saturated heterocycles. The number of hydrogen-bond acceptors (Lipinski definition) is 7. The van der Waals surface area contributed by atoms with Gasteiger partial charge in [-0.25, -0.2) is 17.8 Å². The summed E-state index contributed by atoms with van der Waals surface area (Å²) in [4.78, 5) is -0.0144. The molecule has 0 fully saturated rings. The maximum atomic E-state index is 12.4. The van der Waals surface area contributed by atoms with Crippen LogP contribution in [0.4, 0.5) is 0 Å². The average Bonchev–Trinajstić information content (AvgIpc) is 2.89. The molecule has 2 aromatic rings. The van der Waals surface area contributed by atoms with Gasteiger partial charge in [0.2, 0.25) is 10.0 Å². The highest BCUT2D eigenvalue weighted by atomic mass is 32.2. The van der Waals surface area contributed by atoms with Gasteiger partial charge in [0.15, 0.2) is 17.3 Å². The van der Waals surface area contributed by atoms with Gasteiger partial charge in [-0.05, 0) is 22.6 Å². The van der Waals surface area contributed by atoms with Gasteiger partial charge in [-0.1, -0.05) is 6.07 Å². The van der Waals surface area contributed by atoms with Crippen molar-refractivity contribution >= 4 is 10.0 Å². The number of sulfonamides is 1. The van der Waals surface area contributed by atoms with Gasteiger partial charge < -0.3 is 9.47 Å². The normalized spacial score (nSPS) is 11.4. The molecule has 10 heteroatoms. The highest BCUT2D eigenvalue weighted by Crippen LogP contribution is 2.33. The number of nitrogens with one attached hydrogen (secondary N) is 1. The molecule has 114 valence electrons. The van der Waals surface area contributed by atoms with E-state index < -0.39 is 10.0 Å². The third kappa shape index (κ3) is 3.11. The fourth-order valence-electron chi connectivity index (χ4n) is 1.70. The molecule has 1 aromatic carbocycles. The molecule has 0 spiro atoms. The van der Waals surface area contributed by atoms with E-state index >= 15 is 0 Å². The molecule has 0 radical (unpaired) electrons. The van der Waals surface area contributed by atoms with Crippen molar-refractivity contribution in [3.8, 4) is 11.5 Å². The number of ether oxygens (including phenoxy) is 2. The Morgan fingerprint density at radius 1 is 1.29 bits per heavy atom. The molecule has 1 heterocycles. The van der Waals surface area contributed by atoms with Gasteiger partial charge in [0.25, 0.3) is 0 Å². The van der Waals surface area contributed by atoms with Crippen LogP contribution in [-0.4, -0.2) is 42.8 Å². The summed E-state index contributed by atoms with van der Waals surface area (Å²) in [5, 5.41) is 10.8. The standard InChI is InChI=1S/C11H15N5O4S/c1-16-10(13-14-15-16)7-12-21(17,18)9-6-4-5-8(19-2)11(9)20-3/h4-6,12H,7H2,1-3H3. The van der Waals surface area contributed by atoms with E-state index in [2.05, 4.69) is 20.2 Å². The molecule has 21 heavy (non-hydrogen) atoms. The Bertz CT molecular complexity index is 728. The van der Waals surface area contributed by atoms with Crippen LogP contribution in [0.2, 0.25) is 0 Å². The predicted molar refractivity (Wildman–Crippen MR) is 72.4 cm³/mol. The number of tetrazole rings is 1. The second-order valence-electron chi connectivity index (χ2n) is 4.03. The molecule has 0 amide bonds. The number of methoxy groups -OCH3 is 2. The summed E-state index contributed by atoms with van der Waals surface area (Å²) in [6, 6.07) is 4.61. The first-order chi connectivity index (χ1) is 9.99. The summed E-state index contributed by atoms with van der Waals surface area (Å²) in [6.45, 7) is -0.0355. The van der Waals surface area contributed by atoms with E-state index in [1.807, 2.05) is 0 Å². The van der Waals surface area contributed by atoms with Gasteiger partial charge in [-0.15, -0.1) is 5.10 Å². The lowest BCUT2D eigenvalue weighted by Crippen LogP contribution is -2.25. The van der Waals surface area contributed by atoms with E-state index in [0.717, 1.165) is 0 Å². The Kier molecular flexibility index (Phi) is 4.38. The first-order valence-electron chi connectivity index (χ1n) is 5.91. The molecule has 1 aromatic heterocycles. The third-order valence-electron chi connectivity index (χ3n) is 2.78. The zero-order chi connectivity index (χ0) is 15.5. The molecule has 2 rings (SSSR count).